The molecule has 106 valence electrons. The number of nitrogens with one attached hydrogen (secondary N) is 1. The van der Waals surface area contributed by atoms with E-state index in [1.165, 1.54) is 0 Å². The van der Waals surface area contributed by atoms with Gasteiger partial charge in [-0.15, -0.1) is 0 Å². The molecule has 1 atom stereocenters. The number of ether oxygens (including phenoxy) is 1. The van der Waals surface area contributed by atoms with Crippen LogP contribution in [0.25, 0.3) is 0 Å². The van der Waals surface area contributed by atoms with Crippen molar-refractivity contribution in [1.82, 2.24) is 15.4 Å². The first-order valence-electron chi connectivity index (χ1n) is 6.75. The lowest BCUT2D eigenvalue weighted by Crippen LogP contribution is -2.47. The van der Waals surface area contributed by atoms with Crippen LogP contribution in [0.2, 0.25) is 0 Å². The molecule has 1 aliphatic heterocycles. The van der Waals surface area contributed by atoms with Gasteiger partial charge in [0.2, 0.25) is 0 Å². The minimum absolute atomic E-state index is 0.150. The first kappa shape index (κ1) is 13.9. The van der Waals surface area contributed by atoms with Gasteiger partial charge in [0.1, 0.15) is 0 Å². The molecule has 0 aliphatic carbocycles. The van der Waals surface area contributed by atoms with Crippen LogP contribution in [0.5, 0.6) is 0 Å². The second kappa shape index (κ2) is 6.56. The van der Waals surface area contributed by atoms with Crippen molar-refractivity contribution >= 4 is 6.09 Å². The van der Waals surface area contributed by atoms with Crippen LogP contribution in [0.3, 0.4) is 0 Å². The number of piperidine rings is 1. The van der Waals surface area contributed by atoms with Crippen molar-refractivity contribution in [2.45, 2.75) is 39.3 Å². The third-order valence-corrected chi connectivity index (χ3v) is 3.16. The summed E-state index contributed by atoms with van der Waals surface area (Å²) >= 11 is 0. The Morgan fingerprint density at radius 1 is 1.68 bits per heavy atom. The maximum atomic E-state index is 11.4. The molecule has 1 amide bonds. The minimum Gasteiger partial charge on any atom is -0.450 e. The van der Waals surface area contributed by atoms with E-state index in [4.69, 9.17) is 9.26 Å². The van der Waals surface area contributed by atoms with Crippen molar-refractivity contribution in [2.75, 3.05) is 19.7 Å². The number of nitrogens with zero attached hydrogens (tertiary/aromatic N) is 2. The average molecular weight is 267 g/mol. The van der Waals surface area contributed by atoms with Crippen LogP contribution in [0.1, 0.15) is 31.2 Å². The number of amides is 1. The molecule has 1 aromatic heterocycles. The Balaban J connectivity index is 1.81. The molecule has 0 bridgehead atoms. The first-order valence-corrected chi connectivity index (χ1v) is 6.75. The number of aryl methyl sites for hydroxylation is 1. The van der Waals surface area contributed by atoms with Crippen molar-refractivity contribution in [3.63, 3.8) is 0 Å². The van der Waals surface area contributed by atoms with Crippen LogP contribution in [0, 0.1) is 6.92 Å². The molecule has 0 unspecified atom stereocenters. The SMILES string of the molecule is CCOC(=O)N[C@@H]1CCCN(Cc2cc(C)no2)C1. The lowest BCUT2D eigenvalue weighted by Gasteiger charge is -2.32. The zero-order valence-corrected chi connectivity index (χ0v) is 11.5. The number of rotatable bonds is 4. The van der Waals surface area contributed by atoms with E-state index in [2.05, 4.69) is 15.4 Å². The number of likely N-dealkylation sites (tertiary alicyclic amines) is 1. The van der Waals surface area contributed by atoms with Crippen molar-refractivity contribution in [1.29, 1.82) is 0 Å². The van der Waals surface area contributed by atoms with E-state index in [0.29, 0.717) is 6.61 Å². The Hall–Kier alpha value is -1.56. The molecule has 1 saturated heterocycles. The van der Waals surface area contributed by atoms with Gasteiger partial charge < -0.3 is 14.6 Å². The van der Waals surface area contributed by atoms with Crippen LogP contribution in [-0.2, 0) is 11.3 Å². The number of alkyl carbamates (subject to hydrolysis) is 1. The highest BCUT2D eigenvalue weighted by Gasteiger charge is 2.22. The predicted molar refractivity (Wildman–Crippen MR) is 69.7 cm³/mol. The maximum absolute atomic E-state index is 11.4. The maximum Gasteiger partial charge on any atom is 0.407 e. The third kappa shape index (κ3) is 4.24. The van der Waals surface area contributed by atoms with E-state index in [0.717, 1.165) is 43.9 Å². The molecular formula is C13H21N3O3. The zero-order valence-electron chi connectivity index (χ0n) is 11.5. The van der Waals surface area contributed by atoms with Gasteiger partial charge in [0.15, 0.2) is 5.76 Å². The Kier molecular flexibility index (Phi) is 4.79. The lowest BCUT2D eigenvalue weighted by molar-refractivity contribution is 0.129. The highest BCUT2D eigenvalue weighted by molar-refractivity contribution is 5.67. The molecule has 1 N–H and O–H groups in total. The molecule has 2 rings (SSSR count). The summed E-state index contributed by atoms with van der Waals surface area (Å²) in [7, 11) is 0. The molecule has 6 nitrogen and oxygen atoms in total. The molecule has 0 aromatic carbocycles. The number of aromatic nitrogens is 1. The van der Waals surface area contributed by atoms with Gasteiger partial charge in [-0.05, 0) is 33.2 Å². The van der Waals surface area contributed by atoms with E-state index in [1.807, 2.05) is 13.0 Å². The normalized spacial score (nSPS) is 20.2. The standard InChI is InChI=1S/C13H21N3O3/c1-3-18-13(17)14-11-5-4-6-16(8-11)9-12-7-10(2)15-19-12/h7,11H,3-6,8-9H2,1-2H3,(H,14,17)/t11-/m1/s1. The average Bonchev–Trinajstić information content (AvgIpc) is 2.75. The summed E-state index contributed by atoms with van der Waals surface area (Å²) in [6.45, 7) is 6.69. The van der Waals surface area contributed by atoms with E-state index in [1.54, 1.807) is 6.92 Å². The Bertz CT molecular complexity index is 419. The summed E-state index contributed by atoms with van der Waals surface area (Å²) in [4.78, 5) is 13.7. The summed E-state index contributed by atoms with van der Waals surface area (Å²) in [5, 5.41) is 6.77. The van der Waals surface area contributed by atoms with Crippen molar-refractivity contribution in [3.8, 4) is 0 Å². The highest BCUT2D eigenvalue weighted by Crippen LogP contribution is 2.14. The zero-order chi connectivity index (χ0) is 13.7. The van der Waals surface area contributed by atoms with Gasteiger partial charge in [0, 0.05) is 18.7 Å². The van der Waals surface area contributed by atoms with Gasteiger partial charge in [0.05, 0.1) is 18.8 Å². The molecule has 1 aromatic rings. The van der Waals surface area contributed by atoms with Gasteiger partial charge in [-0.2, -0.15) is 0 Å². The molecule has 0 spiro atoms. The van der Waals surface area contributed by atoms with E-state index in [9.17, 15) is 4.79 Å². The van der Waals surface area contributed by atoms with Crippen molar-refractivity contribution in [3.05, 3.63) is 17.5 Å². The quantitative estimate of drug-likeness (QED) is 0.899. The Labute approximate surface area is 113 Å². The minimum atomic E-state index is -0.329. The molecule has 19 heavy (non-hydrogen) atoms. The van der Waals surface area contributed by atoms with Gasteiger partial charge in [-0.1, -0.05) is 5.16 Å². The molecule has 1 aliphatic rings. The van der Waals surface area contributed by atoms with Crippen molar-refractivity contribution < 1.29 is 14.1 Å². The van der Waals surface area contributed by atoms with E-state index < -0.39 is 0 Å². The molecule has 1 fully saturated rings. The topological polar surface area (TPSA) is 67.6 Å². The number of hydrogen-bond acceptors (Lipinski definition) is 5. The molecule has 0 radical (unpaired) electrons. The first-order chi connectivity index (χ1) is 9.17. The van der Waals surface area contributed by atoms with Crippen LogP contribution in [0.4, 0.5) is 4.79 Å². The second-order valence-corrected chi connectivity index (χ2v) is 4.87. The number of carbonyl (C=O) groups is 1. The van der Waals surface area contributed by atoms with Gasteiger partial charge in [0.25, 0.3) is 0 Å². The smallest absolute Gasteiger partial charge is 0.407 e. The molecular weight excluding hydrogens is 246 g/mol. The van der Waals surface area contributed by atoms with Gasteiger partial charge >= 0.3 is 6.09 Å². The van der Waals surface area contributed by atoms with E-state index in [-0.39, 0.29) is 12.1 Å². The van der Waals surface area contributed by atoms with Crippen LogP contribution in [-0.4, -0.2) is 41.9 Å². The van der Waals surface area contributed by atoms with Crippen LogP contribution in [0.15, 0.2) is 10.6 Å². The van der Waals surface area contributed by atoms with Crippen LogP contribution >= 0.6 is 0 Å². The number of hydrogen-bond donors (Lipinski definition) is 1. The summed E-state index contributed by atoms with van der Waals surface area (Å²) in [6, 6.07) is 2.10. The number of carbonyl (C=O) groups excluding carboxylic acids is 1. The van der Waals surface area contributed by atoms with E-state index >= 15 is 0 Å². The van der Waals surface area contributed by atoms with Crippen LogP contribution < -0.4 is 5.32 Å². The van der Waals surface area contributed by atoms with Crippen molar-refractivity contribution in [2.24, 2.45) is 0 Å². The highest BCUT2D eigenvalue weighted by atomic mass is 16.5. The largest absolute Gasteiger partial charge is 0.450 e. The van der Waals surface area contributed by atoms with Gasteiger partial charge in [-0.25, -0.2) is 4.79 Å². The summed E-state index contributed by atoms with van der Waals surface area (Å²) in [5.74, 6) is 0.870. The second-order valence-electron chi connectivity index (χ2n) is 4.87. The third-order valence-electron chi connectivity index (χ3n) is 3.16. The fraction of sp³-hybridized carbons (Fsp3) is 0.692. The Morgan fingerprint density at radius 2 is 2.53 bits per heavy atom. The van der Waals surface area contributed by atoms with Gasteiger partial charge in [-0.3, -0.25) is 4.90 Å². The Morgan fingerprint density at radius 3 is 3.21 bits per heavy atom. The lowest BCUT2D eigenvalue weighted by atomic mass is 10.1. The monoisotopic (exact) mass is 267 g/mol. The summed E-state index contributed by atoms with van der Waals surface area (Å²) < 4.78 is 10.1. The molecule has 2 heterocycles. The summed E-state index contributed by atoms with van der Waals surface area (Å²) in [5.41, 5.74) is 0.896. The summed E-state index contributed by atoms with van der Waals surface area (Å²) in [6.07, 6.45) is 1.72. The molecule has 0 saturated carbocycles. The fourth-order valence-corrected chi connectivity index (χ4v) is 2.37. The fourth-order valence-electron chi connectivity index (χ4n) is 2.37. The molecule has 6 heteroatoms. The predicted octanol–water partition coefficient (Wildman–Crippen LogP) is 1.69.